The second-order valence-electron chi connectivity index (χ2n) is 5.87. The predicted octanol–water partition coefficient (Wildman–Crippen LogP) is 3.36. The molecule has 0 radical (unpaired) electrons. The van der Waals surface area contributed by atoms with Crippen molar-refractivity contribution in [2.24, 2.45) is 5.92 Å². The fraction of sp³-hybridized carbons (Fsp3) is 0.625. The summed E-state index contributed by atoms with van der Waals surface area (Å²) in [6.07, 6.45) is 4.59. The van der Waals surface area contributed by atoms with Gasteiger partial charge in [-0.15, -0.1) is 0 Å². The molecule has 1 fully saturated rings. The summed E-state index contributed by atoms with van der Waals surface area (Å²) in [5.41, 5.74) is -0.0965. The average molecular weight is 342 g/mol. The van der Waals surface area contributed by atoms with Gasteiger partial charge in [-0.2, -0.15) is 0 Å². The second-order valence-corrected chi connectivity index (χ2v) is 6.78. The van der Waals surface area contributed by atoms with E-state index in [1.807, 2.05) is 24.3 Å². The normalized spacial score (nSPS) is 26.4. The number of nitrogens with one attached hydrogen (secondary N) is 1. The molecule has 112 valence electrons. The van der Waals surface area contributed by atoms with E-state index in [0.29, 0.717) is 12.5 Å². The Kier molecular flexibility index (Phi) is 5.87. The van der Waals surface area contributed by atoms with Crippen LogP contribution in [-0.4, -0.2) is 30.4 Å². The number of ether oxygens (including phenoxy) is 1. The Morgan fingerprint density at radius 2 is 2.15 bits per heavy atom. The van der Waals surface area contributed by atoms with Gasteiger partial charge in [-0.25, -0.2) is 0 Å². The van der Waals surface area contributed by atoms with Crippen molar-refractivity contribution in [3.05, 3.63) is 28.7 Å². The van der Waals surface area contributed by atoms with Crippen molar-refractivity contribution in [3.63, 3.8) is 0 Å². The first-order chi connectivity index (χ1) is 9.63. The molecule has 1 aromatic carbocycles. The van der Waals surface area contributed by atoms with Crippen molar-refractivity contribution in [2.45, 2.75) is 38.1 Å². The molecular weight excluding hydrogens is 318 g/mol. The van der Waals surface area contributed by atoms with Crippen molar-refractivity contribution in [3.8, 4) is 5.75 Å². The molecule has 3 nitrogen and oxygen atoms in total. The maximum atomic E-state index is 9.70. The van der Waals surface area contributed by atoms with E-state index in [-0.39, 0.29) is 12.1 Å². The summed E-state index contributed by atoms with van der Waals surface area (Å²) in [6.45, 7) is 3.88. The van der Waals surface area contributed by atoms with E-state index in [4.69, 9.17) is 4.74 Å². The smallest absolute Gasteiger partial charge is 0.119 e. The van der Waals surface area contributed by atoms with Gasteiger partial charge in [-0.3, -0.25) is 0 Å². The molecule has 2 N–H and O–H groups in total. The third kappa shape index (κ3) is 4.47. The van der Waals surface area contributed by atoms with Gasteiger partial charge in [0.15, 0.2) is 0 Å². The Hall–Kier alpha value is -0.580. The predicted molar refractivity (Wildman–Crippen MR) is 85.1 cm³/mol. The Morgan fingerprint density at radius 3 is 2.80 bits per heavy atom. The first kappa shape index (κ1) is 15.8. The lowest BCUT2D eigenvalue weighted by Gasteiger charge is -2.39. The fourth-order valence-corrected chi connectivity index (χ4v) is 3.30. The average Bonchev–Trinajstić information content (AvgIpc) is 2.45. The van der Waals surface area contributed by atoms with E-state index in [2.05, 4.69) is 28.2 Å². The molecule has 0 aliphatic heterocycles. The second kappa shape index (κ2) is 7.43. The fourth-order valence-electron chi connectivity index (χ4n) is 3.04. The van der Waals surface area contributed by atoms with E-state index in [1.54, 1.807) is 0 Å². The highest BCUT2D eigenvalue weighted by molar-refractivity contribution is 9.10. The molecule has 2 atom stereocenters. The maximum Gasteiger partial charge on any atom is 0.119 e. The molecule has 1 aliphatic carbocycles. The summed E-state index contributed by atoms with van der Waals surface area (Å²) in [6, 6.07) is 7.85. The molecule has 0 bridgehead atoms. The van der Waals surface area contributed by atoms with Crippen LogP contribution in [0.2, 0.25) is 0 Å². The molecule has 0 amide bonds. The summed E-state index contributed by atoms with van der Waals surface area (Å²) in [7, 11) is 0. The van der Waals surface area contributed by atoms with Crippen LogP contribution in [0.25, 0.3) is 0 Å². The van der Waals surface area contributed by atoms with Crippen LogP contribution in [0.5, 0.6) is 5.75 Å². The van der Waals surface area contributed by atoms with E-state index >= 15 is 0 Å². The van der Waals surface area contributed by atoms with Gasteiger partial charge < -0.3 is 15.2 Å². The zero-order chi connectivity index (χ0) is 14.4. The number of aliphatic hydroxyl groups excluding tert-OH is 1. The number of halogens is 1. The SMILES string of the molecule is CC1CCCC(CO)(NCCOc2ccc(Br)cc2)C1. The summed E-state index contributed by atoms with van der Waals surface area (Å²) >= 11 is 3.41. The quantitative estimate of drug-likeness (QED) is 0.779. The first-order valence-electron chi connectivity index (χ1n) is 7.38. The van der Waals surface area contributed by atoms with Crippen LogP contribution in [0.15, 0.2) is 28.7 Å². The molecule has 4 heteroatoms. The van der Waals surface area contributed by atoms with Gasteiger partial charge in [0.2, 0.25) is 0 Å². The van der Waals surface area contributed by atoms with Crippen molar-refractivity contribution >= 4 is 15.9 Å². The third-order valence-electron chi connectivity index (χ3n) is 4.08. The Balaban J connectivity index is 1.75. The van der Waals surface area contributed by atoms with E-state index in [0.717, 1.165) is 29.6 Å². The van der Waals surface area contributed by atoms with Gasteiger partial charge in [0.05, 0.1) is 6.61 Å². The lowest BCUT2D eigenvalue weighted by Crippen LogP contribution is -2.52. The lowest BCUT2D eigenvalue weighted by molar-refractivity contribution is 0.0956. The molecule has 0 saturated heterocycles. The van der Waals surface area contributed by atoms with Crippen LogP contribution >= 0.6 is 15.9 Å². The van der Waals surface area contributed by atoms with Gasteiger partial charge in [-0.1, -0.05) is 35.7 Å². The third-order valence-corrected chi connectivity index (χ3v) is 4.61. The molecule has 20 heavy (non-hydrogen) atoms. The van der Waals surface area contributed by atoms with E-state index < -0.39 is 0 Å². The summed E-state index contributed by atoms with van der Waals surface area (Å²) in [5, 5.41) is 13.2. The highest BCUT2D eigenvalue weighted by Gasteiger charge is 2.33. The highest BCUT2D eigenvalue weighted by atomic mass is 79.9. The van der Waals surface area contributed by atoms with Crippen molar-refractivity contribution in [1.29, 1.82) is 0 Å². The number of aliphatic hydroxyl groups is 1. The number of hydrogen-bond acceptors (Lipinski definition) is 3. The molecule has 1 saturated carbocycles. The summed E-state index contributed by atoms with van der Waals surface area (Å²) in [5.74, 6) is 1.57. The molecule has 2 unspecified atom stereocenters. The van der Waals surface area contributed by atoms with Crippen LogP contribution in [0.3, 0.4) is 0 Å². The molecule has 1 aromatic rings. The summed E-state index contributed by atoms with van der Waals surface area (Å²) in [4.78, 5) is 0. The maximum absolute atomic E-state index is 9.70. The zero-order valence-electron chi connectivity index (χ0n) is 12.1. The first-order valence-corrected chi connectivity index (χ1v) is 8.17. The van der Waals surface area contributed by atoms with Crippen LogP contribution in [-0.2, 0) is 0 Å². The minimum atomic E-state index is -0.0965. The van der Waals surface area contributed by atoms with E-state index in [9.17, 15) is 5.11 Å². The van der Waals surface area contributed by atoms with Crippen LogP contribution in [0.4, 0.5) is 0 Å². The van der Waals surface area contributed by atoms with Crippen LogP contribution in [0, 0.1) is 5.92 Å². The zero-order valence-corrected chi connectivity index (χ0v) is 13.7. The Labute approximate surface area is 129 Å². The van der Waals surface area contributed by atoms with Gasteiger partial charge in [0.1, 0.15) is 12.4 Å². The molecule has 0 spiro atoms. The lowest BCUT2D eigenvalue weighted by atomic mass is 9.77. The molecular formula is C16H24BrNO2. The molecule has 1 aliphatic rings. The van der Waals surface area contributed by atoms with Crippen molar-refractivity contribution in [2.75, 3.05) is 19.8 Å². The van der Waals surface area contributed by atoms with Crippen molar-refractivity contribution < 1.29 is 9.84 Å². The molecule has 0 aromatic heterocycles. The monoisotopic (exact) mass is 341 g/mol. The van der Waals surface area contributed by atoms with Crippen LogP contribution < -0.4 is 10.1 Å². The van der Waals surface area contributed by atoms with Gasteiger partial charge in [-0.05, 0) is 43.0 Å². The Morgan fingerprint density at radius 1 is 1.40 bits per heavy atom. The number of rotatable bonds is 6. The topological polar surface area (TPSA) is 41.5 Å². The van der Waals surface area contributed by atoms with Crippen molar-refractivity contribution in [1.82, 2.24) is 5.32 Å². The largest absolute Gasteiger partial charge is 0.492 e. The minimum Gasteiger partial charge on any atom is -0.492 e. The van der Waals surface area contributed by atoms with Gasteiger partial charge in [0, 0.05) is 16.6 Å². The summed E-state index contributed by atoms with van der Waals surface area (Å²) < 4.78 is 6.76. The highest BCUT2D eigenvalue weighted by Crippen LogP contribution is 2.31. The Bertz CT molecular complexity index is 409. The number of benzene rings is 1. The van der Waals surface area contributed by atoms with Gasteiger partial charge in [0.25, 0.3) is 0 Å². The molecule has 0 heterocycles. The van der Waals surface area contributed by atoms with Crippen LogP contribution in [0.1, 0.15) is 32.6 Å². The standard InChI is InChI=1S/C16H24BrNO2/c1-13-3-2-8-16(11-13,12-19)18-9-10-20-15-6-4-14(17)5-7-15/h4-7,13,18-19H,2-3,8-12H2,1H3. The minimum absolute atomic E-state index is 0.0965. The number of hydrogen-bond donors (Lipinski definition) is 2. The van der Waals surface area contributed by atoms with Gasteiger partial charge >= 0.3 is 0 Å². The molecule has 2 rings (SSSR count). The van der Waals surface area contributed by atoms with E-state index in [1.165, 1.54) is 12.8 Å².